The van der Waals surface area contributed by atoms with Gasteiger partial charge in [0, 0.05) is 32.2 Å². The molecule has 3 nitrogen and oxygen atoms in total. The average Bonchev–Trinajstić information content (AvgIpc) is 2.36. The molecule has 0 aromatic carbocycles. The number of hydrogen-bond acceptors (Lipinski definition) is 3. The fourth-order valence-corrected chi connectivity index (χ4v) is 2.99. The summed E-state index contributed by atoms with van der Waals surface area (Å²) in [5, 5.41) is 0. The first-order chi connectivity index (χ1) is 8.10. The summed E-state index contributed by atoms with van der Waals surface area (Å²) >= 11 is 0. The Morgan fingerprint density at radius 2 is 1.82 bits per heavy atom. The Morgan fingerprint density at radius 3 is 2.24 bits per heavy atom. The molecule has 102 valence electrons. The zero-order valence-corrected chi connectivity index (χ0v) is 12.2. The van der Waals surface area contributed by atoms with E-state index in [0.717, 1.165) is 6.54 Å². The maximum atomic E-state index is 6.00. The van der Waals surface area contributed by atoms with Crippen molar-refractivity contribution in [3.63, 3.8) is 0 Å². The highest BCUT2D eigenvalue weighted by molar-refractivity contribution is 4.86. The van der Waals surface area contributed by atoms with Gasteiger partial charge < -0.3 is 5.73 Å². The van der Waals surface area contributed by atoms with Gasteiger partial charge in [-0.2, -0.15) is 0 Å². The third kappa shape index (κ3) is 3.67. The number of piperazine rings is 1. The molecular formula is C14H31N3. The minimum Gasteiger partial charge on any atom is -0.330 e. The van der Waals surface area contributed by atoms with E-state index >= 15 is 0 Å². The van der Waals surface area contributed by atoms with Gasteiger partial charge in [0.25, 0.3) is 0 Å². The number of likely N-dealkylation sites (N-methyl/N-ethyl adjacent to an activating group) is 1. The molecule has 0 amide bonds. The molecule has 1 heterocycles. The molecule has 0 radical (unpaired) electrons. The van der Waals surface area contributed by atoms with E-state index in [9.17, 15) is 0 Å². The van der Waals surface area contributed by atoms with Gasteiger partial charge in [-0.05, 0) is 38.3 Å². The lowest BCUT2D eigenvalue weighted by Gasteiger charge is -2.43. The fraction of sp³-hybridized carbons (Fsp3) is 1.00. The highest BCUT2D eigenvalue weighted by atomic mass is 15.3. The summed E-state index contributed by atoms with van der Waals surface area (Å²) < 4.78 is 0. The van der Waals surface area contributed by atoms with E-state index in [4.69, 9.17) is 5.73 Å². The van der Waals surface area contributed by atoms with E-state index in [0.29, 0.717) is 11.5 Å². The van der Waals surface area contributed by atoms with Crippen LogP contribution in [0.15, 0.2) is 0 Å². The second-order valence-electron chi connectivity index (χ2n) is 5.62. The van der Waals surface area contributed by atoms with Crippen LogP contribution in [0.1, 0.15) is 40.5 Å². The quantitative estimate of drug-likeness (QED) is 0.769. The minimum absolute atomic E-state index is 0.341. The standard InChI is InChI=1S/C14H31N3/c1-5-14(6-2,11-15)12-16-8-9-17(7-3)13(4)10-16/h13H,5-12,15H2,1-4H3. The number of rotatable bonds is 6. The van der Waals surface area contributed by atoms with Crippen molar-refractivity contribution in [2.24, 2.45) is 11.1 Å². The van der Waals surface area contributed by atoms with Crippen LogP contribution in [-0.4, -0.2) is 55.1 Å². The molecule has 1 fully saturated rings. The molecule has 3 heteroatoms. The summed E-state index contributed by atoms with van der Waals surface area (Å²) in [5.41, 5.74) is 6.34. The van der Waals surface area contributed by atoms with E-state index in [-0.39, 0.29) is 0 Å². The Bertz CT molecular complexity index is 205. The van der Waals surface area contributed by atoms with E-state index in [1.807, 2.05) is 0 Å². The van der Waals surface area contributed by atoms with Crippen LogP contribution in [0.4, 0.5) is 0 Å². The van der Waals surface area contributed by atoms with Crippen molar-refractivity contribution in [2.45, 2.75) is 46.6 Å². The molecule has 0 bridgehead atoms. The SMILES string of the molecule is CCN1CCN(CC(CC)(CC)CN)CC1C. The molecule has 1 aliphatic rings. The van der Waals surface area contributed by atoms with Crippen LogP contribution >= 0.6 is 0 Å². The largest absolute Gasteiger partial charge is 0.330 e. The van der Waals surface area contributed by atoms with Crippen LogP contribution in [0.25, 0.3) is 0 Å². The first kappa shape index (κ1) is 14.9. The Kier molecular flexibility index (Phi) is 5.90. The van der Waals surface area contributed by atoms with Gasteiger partial charge in [-0.25, -0.2) is 0 Å². The van der Waals surface area contributed by atoms with Crippen LogP contribution < -0.4 is 5.73 Å². The Morgan fingerprint density at radius 1 is 1.18 bits per heavy atom. The maximum absolute atomic E-state index is 6.00. The molecule has 0 aromatic rings. The minimum atomic E-state index is 0.341. The van der Waals surface area contributed by atoms with Crippen molar-refractivity contribution in [1.29, 1.82) is 0 Å². The summed E-state index contributed by atoms with van der Waals surface area (Å²) in [6.07, 6.45) is 2.39. The van der Waals surface area contributed by atoms with Gasteiger partial charge in [0.2, 0.25) is 0 Å². The van der Waals surface area contributed by atoms with Gasteiger partial charge >= 0.3 is 0 Å². The lowest BCUT2D eigenvalue weighted by Crippen LogP contribution is -2.54. The second-order valence-corrected chi connectivity index (χ2v) is 5.62. The van der Waals surface area contributed by atoms with Crippen molar-refractivity contribution in [1.82, 2.24) is 9.80 Å². The van der Waals surface area contributed by atoms with E-state index < -0.39 is 0 Å². The van der Waals surface area contributed by atoms with E-state index in [1.165, 1.54) is 45.6 Å². The molecule has 1 unspecified atom stereocenters. The summed E-state index contributed by atoms with van der Waals surface area (Å²) in [4.78, 5) is 5.19. The van der Waals surface area contributed by atoms with Gasteiger partial charge in [0.15, 0.2) is 0 Å². The number of nitrogens with two attached hydrogens (primary N) is 1. The molecule has 1 saturated heterocycles. The Hall–Kier alpha value is -0.120. The smallest absolute Gasteiger partial charge is 0.0195 e. The molecular weight excluding hydrogens is 210 g/mol. The average molecular weight is 241 g/mol. The van der Waals surface area contributed by atoms with E-state index in [1.54, 1.807) is 0 Å². The van der Waals surface area contributed by atoms with Crippen molar-refractivity contribution in [3.05, 3.63) is 0 Å². The first-order valence-corrected chi connectivity index (χ1v) is 7.27. The molecule has 1 atom stereocenters. The molecule has 0 aromatic heterocycles. The Labute approximate surface area is 107 Å². The van der Waals surface area contributed by atoms with Crippen LogP contribution in [0.2, 0.25) is 0 Å². The topological polar surface area (TPSA) is 32.5 Å². The molecule has 1 rings (SSSR count). The van der Waals surface area contributed by atoms with Gasteiger partial charge in [0.1, 0.15) is 0 Å². The van der Waals surface area contributed by atoms with Crippen molar-refractivity contribution in [2.75, 3.05) is 39.3 Å². The lowest BCUT2D eigenvalue weighted by molar-refractivity contribution is 0.0524. The van der Waals surface area contributed by atoms with Gasteiger partial charge in [0.05, 0.1) is 0 Å². The van der Waals surface area contributed by atoms with Crippen LogP contribution in [0.5, 0.6) is 0 Å². The highest BCUT2D eigenvalue weighted by Crippen LogP contribution is 2.27. The zero-order valence-electron chi connectivity index (χ0n) is 12.2. The van der Waals surface area contributed by atoms with Crippen LogP contribution in [-0.2, 0) is 0 Å². The van der Waals surface area contributed by atoms with Gasteiger partial charge in [-0.3, -0.25) is 9.80 Å². The summed E-state index contributed by atoms with van der Waals surface area (Å²) in [7, 11) is 0. The molecule has 0 saturated carbocycles. The molecule has 0 aliphatic carbocycles. The molecule has 2 N–H and O–H groups in total. The maximum Gasteiger partial charge on any atom is 0.0195 e. The third-order valence-electron chi connectivity index (χ3n) is 4.75. The summed E-state index contributed by atoms with van der Waals surface area (Å²) in [5.74, 6) is 0. The number of hydrogen-bond donors (Lipinski definition) is 1. The molecule has 0 spiro atoms. The Balaban J connectivity index is 2.52. The van der Waals surface area contributed by atoms with Crippen LogP contribution in [0, 0.1) is 5.41 Å². The van der Waals surface area contributed by atoms with Gasteiger partial charge in [-0.1, -0.05) is 20.8 Å². The lowest BCUT2D eigenvalue weighted by atomic mass is 9.81. The number of nitrogens with zero attached hydrogens (tertiary/aromatic N) is 2. The molecule has 17 heavy (non-hydrogen) atoms. The first-order valence-electron chi connectivity index (χ1n) is 7.27. The zero-order chi connectivity index (χ0) is 12.9. The summed E-state index contributed by atoms with van der Waals surface area (Å²) in [6, 6.07) is 0.693. The normalized spacial score (nSPS) is 24.2. The van der Waals surface area contributed by atoms with Crippen molar-refractivity contribution in [3.8, 4) is 0 Å². The van der Waals surface area contributed by atoms with Crippen molar-refractivity contribution >= 4 is 0 Å². The third-order valence-corrected chi connectivity index (χ3v) is 4.75. The predicted octanol–water partition coefficient (Wildman–Crippen LogP) is 1.78. The summed E-state index contributed by atoms with van der Waals surface area (Å²) in [6.45, 7) is 16.0. The second kappa shape index (κ2) is 6.72. The van der Waals surface area contributed by atoms with Gasteiger partial charge in [-0.15, -0.1) is 0 Å². The van der Waals surface area contributed by atoms with Crippen LogP contribution in [0.3, 0.4) is 0 Å². The molecule has 1 aliphatic heterocycles. The predicted molar refractivity (Wildman–Crippen MR) is 75.2 cm³/mol. The highest BCUT2D eigenvalue weighted by Gasteiger charge is 2.30. The van der Waals surface area contributed by atoms with Crippen molar-refractivity contribution < 1.29 is 0 Å². The van der Waals surface area contributed by atoms with E-state index in [2.05, 4.69) is 37.5 Å². The fourth-order valence-electron chi connectivity index (χ4n) is 2.99. The monoisotopic (exact) mass is 241 g/mol.